The van der Waals surface area contributed by atoms with Gasteiger partial charge in [0.2, 0.25) is 10.0 Å². The second kappa shape index (κ2) is 7.82. The largest absolute Gasteiger partial charge is 0.321 e. The van der Waals surface area contributed by atoms with E-state index in [0.29, 0.717) is 5.56 Å². The molecule has 0 aliphatic rings. The number of anilines is 1. The summed E-state index contributed by atoms with van der Waals surface area (Å²) in [6, 6.07) is 11.9. The molecule has 27 heavy (non-hydrogen) atoms. The van der Waals surface area contributed by atoms with E-state index in [2.05, 4.69) is 23.9 Å². The van der Waals surface area contributed by atoms with Crippen LogP contribution in [0.3, 0.4) is 0 Å². The average Bonchev–Trinajstić information content (AvgIpc) is 2.54. The highest BCUT2D eigenvalue weighted by Crippen LogP contribution is 2.28. The van der Waals surface area contributed by atoms with Gasteiger partial charge in [-0.1, -0.05) is 32.0 Å². The van der Waals surface area contributed by atoms with Crippen molar-refractivity contribution in [2.75, 3.05) is 5.32 Å². The fourth-order valence-electron chi connectivity index (χ4n) is 2.78. The van der Waals surface area contributed by atoms with Crippen LogP contribution >= 0.6 is 0 Å². The van der Waals surface area contributed by atoms with Gasteiger partial charge in [0.25, 0.3) is 5.91 Å². The molecule has 0 aliphatic heterocycles. The molecular weight excluding hydrogens is 360 g/mol. The number of carbonyl (C=O) groups excluding carboxylic acids is 1. The van der Waals surface area contributed by atoms with Gasteiger partial charge >= 0.3 is 0 Å². The maximum Gasteiger partial charge on any atom is 0.255 e. The summed E-state index contributed by atoms with van der Waals surface area (Å²) in [7, 11) is -3.63. The fourth-order valence-corrected chi connectivity index (χ4v) is 4.19. The van der Waals surface area contributed by atoms with Crippen LogP contribution in [0.15, 0.2) is 47.4 Å². The van der Waals surface area contributed by atoms with Crippen LogP contribution in [0.2, 0.25) is 0 Å². The molecule has 146 valence electrons. The highest BCUT2D eigenvalue weighted by atomic mass is 32.2. The Bertz CT molecular complexity index is 925. The number of aryl methyl sites for hydroxylation is 1. The minimum Gasteiger partial charge on any atom is -0.321 e. The first-order valence-electron chi connectivity index (χ1n) is 8.95. The van der Waals surface area contributed by atoms with Crippen molar-refractivity contribution in [1.29, 1.82) is 0 Å². The number of hydrogen-bond acceptors (Lipinski definition) is 3. The number of benzene rings is 2. The first-order chi connectivity index (χ1) is 12.4. The molecule has 6 heteroatoms. The molecule has 0 heterocycles. The summed E-state index contributed by atoms with van der Waals surface area (Å²) in [5.74, 6) is 0.00937. The summed E-state index contributed by atoms with van der Waals surface area (Å²) >= 11 is 0. The van der Waals surface area contributed by atoms with Gasteiger partial charge in [-0.2, -0.15) is 0 Å². The minimum absolute atomic E-state index is 0.132. The monoisotopic (exact) mass is 388 g/mol. The standard InChI is InChI=1S/C21H28N2O3S/c1-14(2)18-9-7-8-15(3)19(18)22-20(24)16-10-12-17(13-11-16)27(25,26)23-21(4,5)6/h7-14,23H,1-6H3,(H,22,24). The van der Waals surface area contributed by atoms with E-state index in [0.717, 1.165) is 16.8 Å². The summed E-state index contributed by atoms with van der Waals surface area (Å²) in [4.78, 5) is 12.8. The molecule has 2 aromatic rings. The van der Waals surface area contributed by atoms with E-state index >= 15 is 0 Å². The predicted octanol–water partition coefficient (Wildman–Crippen LogP) is 4.45. The lowest BCUT2D eigenvalue weighted by atomic mass is 9.98. The molecule has 0 radical (unpaired) electrons. The van der Waals surface area contributed by atoms with Crippen LogP contribution in [-0.4, -0.2) is 19.9 Å². The number of carbonyl (C=O) groups is 1. The van der Waals surface area contributed by atoms with Gasteiger partial charge in [-0.3, -0.25) is 4.79 Å². The number of nitrogens with one attached hydrogen (secondary N) is 2. The molecule has 0 aliphatic carbocycles. The molecule has 2 rings (SSSR count). The van der Waals surface area contributed by atoms with Crippen LogP contribution in [-0.2, 0) is 10.0 Å². The lowest BCUT2D eigenvalue weighted by Gasteiger charge is -2.20. The van der Waals surface area contributed by atoms with Crippen LogP contribution in [0, 0.1) is 6.92 Å². The molecule has 0 fully saturated rings. The van der Waals surface area contributed by atoms with E-state index in [1.807, 2.05) is 25.1 Å². The first-order valence-corrected chi connectivity index (χ1v) is 10.4. The molecule has 0 aromatic heterocycles. The molecule has 5 nitrogen and oxygen atoms in total. The Morgan fingerprint density at radius 2 is 1.59 bits per heavy atom. The number of para-hydroxylation sites is 1. The second-order valence-corrected chi connectivity index (χ2v) is 9.71. The molecule has 0 bridgehead atoms. The Morgan fingerprint density at radius 1 is 1.00 bits per heavy atom. The Kier molecular flexibility index (Phi) is 6.12. The Labute approximate surface area is 162 Å². The van der Waals surface area contributed by atoms with E-state index in [9.17, 15) is 13.2 Å². The molecule has 2 aromatic carbocycles. The van der Waals surface area contributed by atoms with Gasteiger partial charge < -0.3 is 5.32 Å². The number of rotatable bonds is 5. The molecule has 0 atom stereocenters. The average molecular weight is 389 g/mol. The van der Waals surface area contributed by atoms with Gasteiger partial charge in [0.15, 0.2) is 0 Å². The molecule has 0 spiro atoms. The fraction of sp³-hybridized carbons (Fsp3) is 0.381. The van der Waals surface area contributed by atoms with Crippen LogP contribution in [0.5, 0.6) is 0 Å². The van der Waals surface area contributed by atoms with Crippen LogP contribution < -0.4 is 10.0 Å². The zero-order chi connectivity index (χ0) is 20.4. The molecule has 0 unspecified atom stereocenters. The SMILES string of the molecule is Cc1cccc(C(C)C)c1NC(=O)c1ccc(S(=O)(=O)NC(C)(C)C)cc1. The van der Waals surface area contributed by atoms with E-state index < -0.39 is 15.6 Å². The van der Waals surface area contributed by atoms with Crippen molar-refractivity contribution in [1.82, 2.24) is 4.72 Å². The van der Waals surface area contributed by atoms with E-state index in [4.69, 9.17) is 0 Å². The molecule has 1 amide bonds. The van der Waals surface area contributed by atoms with Gasteiger partial charge in [0.05, 0.1) is 4.90 Å². The lowest BCUT2D eigenvalue weighted by Crippen LogP contribution is -2.40. The summed E-state index contributed by atoms with van der Waals surface area (Å²) in [5, 5.41) is 2.97. The third-order valence-corrected chi connectivity index (χ3v) is 5.81. The quantitative estimate of drug-likeness (QED) is 0.795. The summed E-state index contributed by atoms with van der Waals surface area (Å²) in [6.07, 6.45) is 0. The van der Waals surface area contributed by atoms with Crippen molar-refractivity contribution in [3.8, 4) is 0 Å². The molecule has 0 saturated carbocycles. The van der Waals surface area contributed by atoms with Crippen LogP contribution in [0.4, 0.5) is 5.69 Å². The smallest absolute Gasteiger partial charge is 0.255 e. The summed E-state index contributed by atoms with van der Waals surface area (Å²) in [5.41, 5.74) is 2.69. The third-order valence-electron chi connectivity index (χ3n) is 4.03. The maximum absolute atomic E-state index is 12.7. The Morgan fingerprint density at radius 3 is 2.11 bits per heavy atom. The van der Waals surface area contributed by atoms with Gasteiger partial charge in [-0.05, 0) is 69.0 Å². The topological polar surface area (TPSA) is 75.3 Å². The van der Waals surface area contributed by atoms with Gasteiger partial charge in [-0.25, -0.2) is 13.1 Å². The Hall–Kier alpha value is -2.18. The van der Waals surface area contributed by atoms with E-state index in [1.165, 1.54) is 24.3 Å². The van der Waals surface area contributed by atoms with Crippen molar-refractivity contribution in [3.05, 3.63) is 59.2 Å². The number of amides is 1. The highest BCUT2D eigenvalue weighted by molar-refractivity contribution is 7.89. The molecule has 0 saturated heterocycles. The summed E-state index contributed by atoms with van der Waals surface area (Å²) in [6.45, 7) is 11.4. The van der Waals surface area contributed by atoms with Gasteiger partial charge in [0, 0.05) is 16.8 Å². The number of hydrogen-bond donors (Lipinski definition) is 2. The van der Waals surface area contributed by atoms with E-state index in [1.54, 1.807) is 20.8 Å². The van der Waals surface area contributed by atoms with Crippen molar-refractivity contribution in [2.45, 2.75) is 57.9 Å². The lowest BCUT2D eigenvalue weighted by molar-refractivity contribution is 0.102. The number of sulfonamides is 1. The maximum atomic E-state index is 12.7. The van der Waals surface area contributed by atoms with E-state index in [-0.39, 0.29) is 16.7 Å². The predicted molar refractivity (Wildman–Crippen MR) is 110 cm³/mol. The zero-order valence-corrected chi connectivity index (χ0v) is 17.6. The minimum atomic E-state index is -3.63. The zero-order valence-electron chi connectivity index (χ0n) is 16.8. The van der Waals surface area contributed by atoms with Crippen molar-refractivity contribution >= 4 is 21.6 Å². The third kappa shape index (κ3) is 5.40. The molecule has 2 N–H and O–H groups in total. The summed E-state index contributed by atoms with van der Waals surface area (Å²) < 4.78 is 27.3. The first kappa shape index (κ1) is 21.1. The van der Waals surface area contributed by atoms with Crippen LogP contribution in [0.1, 0.15) is 62.0 Å². The molecular formula is C21H28N2O3S. The van der Waals surface area contributed by atoms with Crippen LogP contribution in [0.25, 0.3) is 0 Å². The highest BCUT2D eigenvalue weighted by Gasteiger charge is 2.22. The van der Waals surface area contributed by atoms with Crippen molar-refractivity contribution in [2.24, 2.45) is 0 Å². The normalized spacial score (nSPS) is 12.3. The van der Waals surface area contributed by atoms with Crippen molar-refractivity contribution in [3.63, 3.8) is 0 Å². The van der Waals surface area contributed by atoms with Gasteiger partial charge in [0.1, 0.15) is 0 Å². The second-order valence-electron chi connectivity index (χ2n) is 8.03. The van der Waals surface area contributed by atoms with Crippen molar-refractivity contribution < 1.29 is 13.2 Å². The van der Waals surface area contributed by atoms with Gasteiger partial charge in [-0.15, -0.1) is 0 Å². The Balaban J connectivity index is 2.25.